The standard InChI is InChI=1S/C14H14F2N2OS/c15-11-2-1-9(5-12(11)16)14-13(3-4-19-14)17-6-10-7-20-8-18-10/h1-2,5,7-8,13-14,17H,3-4,6H2. The van der Waals surface area contributed by atoms with Gasteiger partial charge in [-0.2, -0.15) is 0 Å². The topological polar surface area (TPSA) is 34.1 Å². The van der Waals surface area contributed by atoms with Crippen molar-refractivity contribution >= 4 is 11.3 Å². The summed E-state index contributed by atoms with van der Waals surface area (Å²) in [4.78, 5) is 4.21. The lowest BCUT2D eigenvalue weighted by molar-refractivity contribution is 0.0980. The molecule has 0 amide bonds. The average Bonchev–Trinajstić information content (AvgIpc) is 3.10. The van der Waals surface area contributed by atoms with Crippen molar-refractivity contribution in [1.82, 2.24) is 10.3 Å². The summed E-state index contributed by atoms with van der Waals surface area (Å²) < 4.78 is 31.9. The van der Waals surface area contributed by atoms with Crippen LogP contribution in [0.25, 0.3) is 0 Å². The van der Waals surface area contributed by atoms with E-state index in [0.717, 1.165) is 18.2 Å². The fourth-order valence-corrected chi connectivity index (χ4v) is 2.94. The van der Waals surface area contributed by atoms with E-state index in [9.17, 15) is 8.78 Å². The number of hydrogen-bond acceptors (Lipinski definition) is 4. The second-order valence-electron chi connectivity index (χ2n) is 4.72. The Hall–Kier alpha value is -1.37. The molecule has 0 saturated carbocycles. The van der Waals surface area contributed by atoms with E-state index in [0.29, 0.717) is 18.7 Å². The quantitative estimate of drug-likeness (QED) is 0.941. The molecule has 1 aromatic heterocycles. The Balaban J connectivity index is 1.69. The normalized spacial score (nSPS) is 22.3. The van der Waals surface area contributed by atoms with Gasteiger partial charge in [-0.3, -0.25) is 0 Å². The summed E-state index contributed by atoms with van der Waals surface area (Å²) in [6.07, 6.45) is 0.595. The minimum absolute atomic E-state index is 0.0848. The van der Waals surface area contributed by atoms with Gasteiger partial charge in [-0.1, -0.05) is 6.07 Å². The number of benzene rings is 1. The van der Waals surface area contributed by atoms with Crippen molar-refractivity contribution in [3.8, 4) is 0 Å². The van der Waals surface area contributed by atoms with Gasteiger partial charge in [0.15, 0.2) is 11.6 Å². The fourth-order valence-electron chi connectivity index (χ4n) is 2.38. The Kier molecular flexibility index (Phi) is 4.05. The summed E-state index contributed by atoms with van der Waals surface area (Å²) in [5.74, 6) is -1.67. The highest BCUT2D eigenvalue weighted by Gasteiger charge is 2.29. The third-order valence-electron chi connectivity index (χ3n) is 3.39. The van der Waals surface area contributed by atoms with E-state index >= 15 is 0 Å². The van der Waals surface area contributed by atoms with Crippen LogP contribution in [-0.4, -0.2) is 17.6 Å². The second-order valence-corrected chi connectivity index (χ2v) is 5.44. The van der Waals surface area contributed by atoms with Gasteiger partial charge in [0.25, 0.3) is 0 Å². The van der Waals surface area contributed by atoms with Crippen LogP contribution in [0.1, 0.15) is 23.8 Å². The Labute approximate surface area is 119 Å². The van der Waals surface area contributed by atoms with Crippen LogP contribution in [0.5, 0.6) is 0 Å². The van der Waals surface area contributed by atoms with Gasteiger partial charge < -0.3 is 10.1 Å². The molecule has 1 aromatic carbocycles. The average molecular weight is 296 g/mol. The van der Waals surface area contributed by atoms with E-state index in [1.165, 1.54) is 6.07 Å². The number of nitrogens with zero attached hydrogens (tertiary/aromatic N) is 1. The molecule has 3 rings (SSSR count). The molecule has 1 saturated heterocycles. The molecular formula is C14H14F2N2OS. The summed E-state index contributed by atoms with van der Waals surface area (Å²) in [5.41, 5.74) is 3.43. The molecular weight excluding hydrogens is 282 g/mol. The molecule has 2 atom stereocenters. The van der Waals surface area contributed by atoms with Crippen molar-refractivity contribution < 1.29 is 13.5 Å². The van der Waals surface area contributed by atoms with Gasteiger partial charge in [0, 0.05) is 24.6 Å². The first-order valence-corrected chi connectivity index (χ1v) is 7.35. The molecule has 106 valence electrons. The molecule has 2 heterocycles. The lowest BCUT2D eigenvalue weighted by Gasteiger charge is -2.20. The molecule has 6 heteroatoms. The number of thiazole rings is 1. The van der Waals surface area contributed by atoms with E-state index in [1.54, 1.807) is 22.9 Å². The first-order valence-electron chi connectivity index (χ1n) is 6.41. The molecule has 1 N–H and O–H groups in total. The van der Waals surface area contributed by atoms with Crippen molar-refractivity contribution in [1.29, 1.82) is 0 Å². The highest BCUT2D eigenvalue weighted by molar-refractivity contribution is 7.07. The Morgan fingerprint density at radius 3 is 3.00 bits per heavy atom. The minimum Gasteiger partial charge on any atom is -0.372 e. The lowest BCUT2D eigenvalue weighted by Crippen LogP contribution is -2.31. The third kappa shape index (κ3) is 2.87. The fraction of sp³-hybridized carbons (Fsp3) is 0.357. The van der Waals surface area contributed by atoms with E-state index in [4.69, 9.17) is 4.74 Å². The molecule has 20 heavy (non-hydrogen) atoms. The Bertz CT molecular complexity index is 577. The summed E-state index contributed by atoms with van der Waals surface area (Å²) in [6, 6.07) is 4.01. The van der Waals surface area contributed by atoms with Crippen molar-refractivity contribution in [2.24, 2.45) is 0 Å². The molecule has 0 radical (unpaired) electrons. The zero-order valence-corrected chi connectivity index (χ0v) is 11.5. The maximum atomic E-state index is 13.3. The first-order chi connectivity index (χ1) is 9.74. The minimum atomic E-state index is -0.837. The predicted octanol–water partition coefficient (Wildman–Crippen LogP) is 3.04. The van der Waals surface area contributed by atoms with Gasteiger partial charge in [0.05, 0.1) is 17.3 Å². The van der Waals surface area contributed by atoms with Gasteiger partial charge in [-0.25, -0.2) is 13.8 Å². The van der Waals surface area contributed by atoms with Crippen LogP contribution in [0.15, 0.2) is 29.1 Å². The number of aromatic nitrogens is 1. The van der Waals surface area contributed by atoms with E-state index in [2.05, 4.69) is 10.3 Å². The van der Waals surface area contributed by atoms with Gasteiger partial charge in [0.2, 0.25) is 0 Å². The zero-order chi connectivity index (χ0) is 13.9. The third-order valence-corrected chi connectivity index (χ3v) is 4.03. The summed E-state index contributed by atoms with van der Waals surface area (Å²) in [5, 5.41) is 5.35. The predicted molar refractivity (Wildman–Crippen MR) is 72.4 cm³/mol. The van der Waals surface area contributed by atoms with Gasteiger partial charge in [-0.15, -0.1) is 11.3 Å². The van der Waals surface area contributed by atoms with Gasteiger partial charge in [0.1, 0.15) is 0 Å². The first kappa shape index (κ1) is 13.6. The van der Waals surface area contributed by atoms with Crippen LogP contribution < -0.4 is 5.32 Å². The van der Waals surface area contributed by atoms with E-state index < -0.39 is 11.6 Å². The summed E-state index contributed by atoms with van der Waals surface area (Å²) >= 11 is 1.55. The van der Waals surface area contributed by atoms with E-state index in [-0.39, 0.29) is 12.1 Å². The van der Waals surface area contributed by atoms with Crippen LogP contribution in [0.4, 0.5) is 8.78 Å². The van der Waals surface area contributed by atoms with Crippen LogP contribution in [0, 0.1) is 11.6 Å². The molecule has 0 aliphatic carbocycles. The van der Waals surface area contributed by atoms with Crippen molar-refractivity contribution in [2.45, 2.75) is 25.1 Å². The second kappa shape index (κ2) is 5.95. The highest BCUT2D eigenvalue weighted by Crippen LogP contribution is 2.30. The highest BCUT2D eigenvalue weighted by atomic mass is 32.1. The van der Waals surface area contributed by atoms with Crippen molar-refractivity contribution in [3.63, 3.8) is 0 Å². The molecule has 0 bridgehead atoms. The van der Waals surface area contributed by atoms with Crippen LogP contribution >= 0.6 is 11.3 Å². The van der Waals surface area contributed by atoms with Crippen LogP contribution in [0.3, 0.4) is 0 Å². The smallest absolute Gasteiger partial charge is 0.159 e. The lowest BCUT2D eigenvalue weighted by atomic mass is 10.0. The number of ether oxygens (including phenoxy) is 1. The molecule has 1 aliphatic heterocycles. The molecule has 2 unspecified atom stereocenters. The molecule has 0 spiro atoms. The maximum Gasteiger partial charge on any atom is 0.159 e. The number of hydrogen-bond donors (Lipinski definition) is 1. The SMILES string of the molecule is Fc1ccc(C2OCCC2NCc2cscn2)cc1F. The molecule has 2 aromatic rings. The van der Waals surface area contributed by atoms with E-state index in [1.807, 2.05) is 5.38 Å². The van der Waals surface area contributed by atoms with Gasteiger partial charge >= 0.3 is 0 Å². The summed E-state index contributed by atoms with van der Waals surface area (Å²) in [7, 11) is 0. The van der Waals surface area contributed by atoms with Gasteiger partial charge in [-0.05, 0) is 24.1 Å². The molecule has 1 aliphatic rings. The maximum absolute atomic E-state index is 13.3. The largest absolute Gasteiger partial charge is 0.372 e. The Morgan fingerprint density at radius 1 is 1.35 bits per heavy atom. The number of halogens is 2. The zero-order valence-electron chi connectivity index (χ0n) is 10.7. The summed E-state index contributed by atoms with van der Waals surface area (Å²) in [6.45, 7) is 1.26. The number of nitrogens with one attached hydrogen (secondary N) is 1. The van der Waals surface area contributed by atoms with Crippen molar-refractivity contribution in [3.05, 3.63) is 52.0 Å². The van der Waals surface area contributed by atoms with Crippen molar-refractivity contribution in [2.75, 3.05) is 6.61 Å². The number of rotatable bonds is 4. The Morgan fingerprint density at radius 2 is 2.25 bits per heavy atom. The molecule has 1 fully saturated rings. The van der Waals surface area contributed by atoms with Crippen LogP contribution in [-0.2, 0) is 11.3 Å². The monoisotopic (exact) mass is 296 g/mol. The van der Waals surface area contributed by atoms with Crippen LogP contribution in [0.2, 0.25) is 0 Å². The molecule has 3 nitrogen and oxygen atoms in total.